The first-order valence-corrected chi connectivity index (χ1v) is 6.05. The van der Waals surface area contributed by atoms with Crippen molar-refractivity contribution in [3.8, 4) is 0 Å². The fourth-order valence-electron chi connectivity index (χ4n) is 1.69. The standard InChI is InChI=1S/C7H17NO4P/c1-2-8-5-3-4-7(8)6-12-13(9,10)11/h7,9-11H,2-6H2,1H3/q+1. The number of likely N-dealkylation sites (tertiary alicyclic amines) is 1. The first-order chi connectivity index (χ1) is 6.03. The molecule has 1 saturated heterocycles. The van der Waals surface area contributed by atoms with Crippen LogP contribution in [0.4, 0.5) is 0 Å². The Kier molecular flexibility index (Phi) is 4.04. The zero-order valence-corrected chi connectivity index (χ0v) is 8.65. The highest BCUT2D eigenvalue weighted by Gasteiger charge is 2.36. The average Bonchev–Trinajstić information content (AvgIpc) is 2.46. The van der Waals surface area contributed by atoms with Crippen molar-refractivity contribution in [3.63, 3.8) is 0 Å². The van der Waals surface area contributed by atoms with Crippen LogP contribution in [0.5, 0.6) is 0 Å². The van der Waals surface area contributed by atoms with Crippen LogP contribution in [0.1, 0.15) is 19.8 Å². The quantitative estimate of drug-likeness (QED) is 0.576. The van der Waals surface area contributed by atoms with Gasteiger partial charge in [-0.3, -0.25) is 4.90 Å². The summed E-state index contributed by atoms with van der Waals surface area (Å²) >= 11 is 0. The number of nitrogens with zero attached hydrogens (tertiary/aromatic N) is 1. The lowest BCUT2D eigenvalue weighted by Crippen LogP contribution is -2.32. The van der Waals surface area contributed by atoms with Gasteiger partial charge < -0.3 is 0 Å². The first kappa shape index (κ1) is 11.3. The Labute approximate surface area is 78.6 Å². The van der Waals surface area contributed by atoms with Crippen LogP contribution < -0.4 is 0 Å². The summed E-state index contributed by atoms with van der Waals surface area (Å²) in [4.78, 5) is 28.1. The van der Waals surface area contributed by atoms with E-state index in [4.69, 9.17) is 14.7 Å². The molecule has 0 bridgehead atoms. The van der Waals surface area contributed by atoms with Crippen molar-refractivity contribution in [1.82, 2.24) is 4.90 Å². The van der Waals surface area contributed by atoms with E-state index in [1.807, 2.05) is 0 Å². The molecule has 6 heteroatoms. The van der Waals surface area contributed by atoms with E-state index in [1.54, 1.807) is 0 Å². The maximum Gasteiger partial charge on any atom is 0.567 e. The first-order valence-electron chi connectivity index (χ1n) is 4.49. The molecule has 1 unspecified atom stereocenters. The monoisotopic (exact) mass is 210 g/mol. The molecule has 13 heavy (non-hydrogen) atoms. The van der Waals surface area contributed by atoms with E-state index in [-0.39, 0.29) is 12.6 Å². The van der Waals surface area contributed by atoms with E-state index in [2.05, 4.69) is 16.3 Å². The minimum absolute atomic E-state index is 0.200. The van der Waals surface area contributed by atoms with E-state index in [1.165, 1.54) is 0 Å². The Hall–Kier alpha value is 0.230. The third-order valence-corrected chi connectivity index (χ3v) is 2.84. The Morgan fingerprint density at radius 1 is 1.46 bits per heavy atom. The van der Waals surface area contributed by atoms with Crippen LogP contribution in [-0.4, -0.2) is 45.3 Å². The molecule has 0 aromatic carbocycles. The maximum absolute atomic E-state index is 8.62. The van der Waals surface area contributed by atoms with Crippen molar-refractivity contribution >= 4 is 8.17 Å². The number of hydrogen-bond donors (Lipinski definition) is 3. The van der Waals surface area contributed by atoms with Crippen LogP contribution in [0.15, 0.2) is 0 Å². The van der Waals surface area contributed by atoms with Crippen molar-refractivity contribution in [2.75, 3.05) is 19.7 Å². The minimum Gasteiger partial charge on any atom is -0.298 e. The fraction of sp³-hybridized carbons (Fsp3) is 1.00. The van der Waals surface area contributed by atoms with Gasteiger partial charge >= 0.3 is 8.17 Å². The highest BCUT2D eigenvalue weighted by molar-refractivity contribution is 7.53. The second kappa shape index (κ2) is 4.64. The van der Waals surface area contributed by atoms with Crippen molar-refractivity contribution in [1.29, 1.82) is 0 Å². The highest BCUT2D eigenvalue weighted by Crippen LogP contribution is 2.46. The number of rotatable bonds is 4. The Balaban J connectivity index is 2.28. The molecule has 0 amide bonds. The molecule has 1 aliphatic heterocycles. The summed E-state index contributed by atoms with van der Waals surface area (Å²) in [5.74, 6) is 0. The molecule has 1 heterocycles. The average molecular weight is 210 g/mol. The van der Waals surface area contributed by atoms with Crippen LogP contribution >= 0.6 is 8.17 Å². The van der Waals surface area contributed by atoms with Gasteiger partial charge in [-0.05, 0) is 25.9 Å². The van der Waals surface area contributed by atoms with Crippen LogP contribution in [0.3, 0.4) is 0 Å². The predicted molar refractivity (Wildman–Crippen MR) is 49.8 cm³/mol. The summed E-state index contributed by atoms with van der Waals surface area (Å²) < 4.78 is 4.58. The summed E-state index contributed by atoms with van der Waals surface area (Å²) in [6.07, 6.45) is 2.10. The molecular formula is C7H17NO4P+. The summed E-state index contributed by atoms with van der Waals surface area (Å²) in [7, 11) is -4.03. The van der Waals surface area contributed by atoms with Crippen LogP contribution in [-0.2, 0) is 4.52 Å². The van der Waals surface area contributed by atoms with Crippen molar-refractivity contribution in [2.24, 2.45) is 0 Å². The summed E-state index contributed by atoms with van der Waals surface area (Å²) in [6, 6.07) is 0.218. The van der Waals surface area contributed by atoms with Gasteiger partial charge in [-0.25, -0.2) is 0 Å². The van der Waals surface area contributed by atoms with E-state index >= 15 is 0 Å². The Morgan fingerprint density at radius 2 is 2.15 bits per heavy atom. The molecule has 1 atom stereocenters. The third kappa shape index (κ3) is 3.85. The SMILES string of the molecule is CCN1CCCC1CO[P+](O)(O)O. The summed E-state index contributed by atoms with van der Waals surface area (Å²) in [5.41, 5.74) is 0. The van der Waals surface area contributed by atoms with Gasteiger partial charge in [-0.1, -0.05) is 6.92 Å². The molecule has 1 rings (SSSR count). The van der Waals surface area contributed by atoms with Gasteiger partial charge in [0.15, 0.2) is 0 Å². The largest absolute Gasteiger partial charge is 0.567 e. The molecule has 0 aliphatic carbocycles. The van der Waals surface area contributed by atoms with Crippen LogP contribution in [0, 0.1) is 0 Å². The number of hydrogen-bond acceptors (Lipinski definition) is 5. The second-order valence-corrected chi connectivity index (χ2v) is 4.52. The molecule has 0 saturated carbocycles. The molecule has 3 N–H and O–H groups in total. The van der Waals surface area contributed by atoms with E-state index in [0.29, 0.717) is 0 Å². The smallest absolute Gasteiger partial charge is 0.298 e. The molecule has 0 radical (unpaired) electrons. The molecule has 5 nitrogen and oxygen atoms in total. The van der Waals surface area contributed by atoms with E-state index in [9.17, 15) is 0 Å². The lowest BCUT2D eigenvalue weighted by molar-refractivity contribution is 0.116. The molecule has 0 aromatic heterocycles. The van der Waals surface area contributed by atoms with Crippen molar-refractivity contribution < 1.29 is 19.2 Å². The summed E-state index contributed by atoms with van der Waals surface area (Å²) in [6.45, 7) is 4.21. The van der Waals surface area contributed by atoms with Crippen molar-refractivity contribution in [3.05, 3.63) is 0 Å². The third-order valence-electron chi connectivity index (χ3n) is 2.35. The van der Waals surface area contributed by atoms with Gasteiger partial charge in [0.05, 0.1) is 0 Å². The van der Waals surface area contributed by atoms with Crippen LogP contribution in [0.25, 0.3) is 0 Å². The topological polar surface area (TPSA) is 73.2 Å². The predicted octanol–water partition coefficient (Wildman–Crippen LogP) is 0.142. The van der Waals surface area contributed by atoms with Gasteiger partial charge in [0.25, 0.3) is 0 Å². The normalized spacial score (nSPS) is 25.4. The minimum atomic E-state index is -4.03. The molecule has 1 fully saturated rings. The molecule has 0 aromatic rings. The zero-order valence-electron chi connectivity index (χ0n) is 7.76. The van der Waals surface area contributed by atoms with Crippen LogP contribution in [0.2, 0.25) is 0 Å². The molecule has 1 aliphatic rings. The van der Waals surface area contributed by atoms with Gasteiger partial charge in [0, 0.05) is 6.04 Å². The van der Waals surface area contributed by atoms with Crippen molar-refractivity contribution in [2.45, 2.75) is 25.8 Å². The molecule has 0 spiro atoms. The van der Waals surface area contributed by atoms with Gasteiger partial charge in [0.1, 0.15) is 6.61 Å². The summed E-state index contributed by atoms with van der Waals surface area (Å²) in [5, 5.41) is 0. The van der Waals surface area contributed by atoms with E-state index < -0.39 is 8.17 Å². The van der Waals surface area contributed by atoms with Gasteiger partial charge in [-0.15, -0.1) is 0 Å². The Morgan fingerprint density at radius 3 is 2.69 bits per heavy atom. The number of likely N-dealkylation sites (N-methyl/N-ethyl adjacent to an activating group) is 1. The van der Waals surface area contributed by atoms with Gasteiger partial charge in [-0.2, -0.15) is 19.2 Å². The zero-order chi connectivity index (χ0) is 9.90. The fourth-order valence-corrected chi connectivity index (χ4v) is 2.06. The highest BCUT2D eigenvalue weighted by atomic mass is 31.2. The Bertz CT molecular complexity index is 161. The lowest BCUT2D eigenvalue weighted by Gasteiger charge is -2.21. The molecule has 78 valence electrons. The second-order valence-electron chi connectivity index (χ2n) is 3.23. The van der Waals surface area contributed by atoms with Gasteiger partial charge in [0.2, 0.25) is 0 Å². The maximum atomic E-state index is 8.62. The van der Waals surface area contributed by atoms with E-state index in [0.717, 1.165) is 25.9 Å². The molecular weight excluding hydrogens is 193 g/mol. The lowest BCUT2D eigenvalue weighted by atomic mass is 10.2.